The van der Waals surface area contributed by atoms with Crippen molar-refractivity contribution in [1.29, 1.82) is 5.41 Å². The SMILES string of the molecule is CC(=O)O.CC=O.N=C(N)N. The Balaban J connectivity index is -0.0000000886. The van der Waals surface area contributed by atoms with Gasteiger partial charge in [-0.3, -0.25) is 10.2 Å². The van der Waals surface area contributed by atoms with Gasteiger partial charge in [-0.05, 0) is 6.92 Å². The summed E-state index contributed by atoms with van der Waals surface area (Å²) >= 11 is 0. The maximum absolute atomic E-state index is 9.00. The van der Waals surface area contributed by atoms with Gasteiger partial charge in [0, 0.05) is 6.92 Å². The first-order valence-corrected chi connectivity index (χ1v) is 2.57. The van der Waals surface area contributed by atoms with E-state index >= 15 is 0 Å². The van der Waals surface area contributed by atoms with Crippen molar-refractivity contribution < 1.29 is 14.7 Å². The van der Waals surface area contributed by atoms with Crippen molar-refractivity contribution in [3.05, 3.63) is 0 Å². The van der Waals surface area contributed by atoms with Crippen LogP contribution in [0.3, 0.4) is 0 Å². The van der Waals surface area contributed by atoms with Crippen LogP contribution in [0, 0.1) is 5.41 Å². The van der Waals surface area contributed by atoms with E-state index in [-0.39, 0.29) is 5.96 Å². The average Bonchev–Trinajstić information content (AvgIpc) is 1.60. The van der Waals surface area contributed by atoms with Crippen LogP contribution in [0.4, 0.5) is 0 Å². The number of nitrogens with two attached hydrogens (primary N) is 2. The Labute approximate surface area is 64.7 Å². The molecule has 0 bridgehead atoms. The molecule has 0 saturated heterocycles. The molecule has 0 unspecified atom stereocenters. The minimum absolute atomic E-state index is 0.333. The fourth-order valence-electron chi connectivity index (χ4n) is 0. The van der Waals surface area contributed by atoms with E-state index in [0.717, 1.165) is 13.2 Å². The van der Waals surface area contributed by atoms with Crippen LogP contribution in [0.15, 0.2) is 0 Å². The zero-order valence-corrected chi connectivity index (χ0v) is 6.50. The molecule has 0 rings (SSSR count). The van der Waals surface area contributed by atoms with Gasteiger partial charge in [0.05, 0.1) is 0 Å². The normalized spacial score (nSPS) is 5.64. The predicted molar refractivity (Wildman–Crippen MR) is 41.1 cm³/mol. The largest absolute Gasteiger partial charge is 0.481 e. The quantitative estimate of drug-likeness (QED) is 0.209. The highest BCUT2D eigenvalue weighted by Gasteiger charge is 1.65. The summed E-state index contributed by atoms with van der Waals surface area (Å²) in [4.78, 5) is 17.8. The highest BCUT2D eigenvalue weighted by Crippen LogP contribution is 1.42. The maximum atomic E-state index is 9.00. The first-order chi connectivity index (χ1) is 4.88. The van der Waals surface area contributed by atoms with Gasteiger partial charge in [-0.15, -0.1) is 0 Å². The van der Waals surface area contributed by atoms with E-state index in [0.29, 0.717) is 0 Å². The summed E-state index contributed by atoms with van der Waals surface area (Å²) < 4.78 is 0. The Morgan fingerprint density at radius 3 is 1.55 bits per heavy atom. The number of carboxylic acid groups (broad SMARTS) is 1. The zero-order chi connectivity index (χ0) is 9.86. The number of rotatable bonds is 0. The molecule has 0 atom stereocenters. The van der Waals surface area contributed by atoms with Gasteiger partial charge in [0.15, 0.2) is 5.96 Å². The van der Waals surface area contributed by atoms with Gasteiger partial charge in [0.2, 0.25) is 0 Å². The fourth-order valence-corrected chi connectivity index (χ4v) is 0. The van der Waals surface area contributed by atoms with Gasteiger partial charge >= 0.3 is 0 Å². The van der Waals surface area contributed by atoms with Gasteiger partial charge in [-0.2, -0.15) is 0 Å². The minimum Gasteiger partial charge on any atom is -0.481 e. The smallest absolute Gasteiger partial charge is 0.300 e. The second-order valence-electron chi connectivity index (χ2n) is 1.21. The molecule has 0 aromatic rings. The third-order valence-corrected chi connectivity index (χ3v) is 0. The molecule has 0 spiro atoms. The molecular formula is C5H13N3O3. The molecule has 6 N–H and O–H groups in total. The molecule has 0 aromatic heterocycles. The van der Waals surface area contributed by atoms with E-state index in [1.807, 2.05) is 0 Å². The number of carbonyl (C=O) groups is 2. The number of aldehydes is 1. The van der Waals surface area contributed by atoms with E-state index in [4.69, 9.17) is 20.1 Å². The van der Waals surface area contributed by atoms with Crippen molar-refractivity contribution in [2.24, 2.45) is 11.5 Å². The average molecular weight is 163 g/mol. The lowest BCUT2D eigenvalue weighted by Gasteiger charge is -1.69. The summed E-state index contributed by atoms with van der Waals surface area (Å²) in [6, 6.07) is 0. The highest BCUT2D eigenvalue weighted by molar-refractivity contribution is 5.71. The maximum Gasteiger partial charge on any atom is 0.300 e. The fraction of sp³-hybridized carbons (Fsp3) is 0.400. The van der Waals surface area contributed by atoms with Crippen molar-refractivity contribution in [1.82, 2.24) is 0 Å². The first kappa shape index (κ1) is 16.2. The minimum atomic E-state index is -0.833. The van der Waals surface area contributed by atoms with Gasteiger partial charge in [0.25, 0.3) is 5.97 Å². The van der Waals surface area contributed by atoms with Crippen molar-refractivity contribution >= 4 is 18.2 Å². The number of guanidine groups is 1. The lowest BCUT2D eigenvalue weighted by molar-refractivity contribution is -0.134. The molecule has 66 valence electrons. The summed E-state index contributed by atoms with van der Waals surface area (Å²) in [6.45, 7) is 2.53. The standard InChI is InChI=1S/C2H4O2.C2H4O.CH5N3/c1-2(3)4;1-2-3;2-1(3)4/h1H3,(H,3,4);2H,1H3;(H5,2,3,4). The van der Waals surface area contributed by atoms with Crippen molar-refractivity contribution in [3.63, 3.8) is 0 Å². The number of carboxylic acids is 1. The lowest BCUT2D eigenvalue weighted by Crippen LogP contribution is -2.20. The lowest BCUT2D eigenvalue weighted by atomic mass is 10.9. The van der Waals surface area contributed by atoms with Crippen molar-refractivity contribution in [2.75, 3.05) is 0 Å². The zero-order valence-electron chi connectivity index (χ0n) is 6.50. The van der Waals surface area contributed by atoms with Crippen LogP contribution in [0.1, 0.15) is 13.8 Å². The Kier molecular flexibility index (Phi) is 23.2. The van der Waals surface area contributed by atoms with Gasteiger partial charge in [0.1, 0.15) is 6.29 Å². The summed E-state index contributed by atoms with van der Waals surface area (Å²) in [5, 5.41) is 13.5. The van der Waals surface area contributed by atoms with Crippen LogP contribution >= 0.6 is 0 Å². The molecular weight excluding hydrogens is 150 g/mol. The number of hydrogen-bond donors (Lipinski definition) is 4. The van der Waals surface area contributed by atoms with E-state index in [1.165, 1.54) is 6.92 Å². The van der Waals surface area contributed by atoms with E-state index in [9.17, 15) is 0 Å². The van der Waals surface area contributed by atoms with Gasteiger partial charge < -0.3 is 21.4 Å². The molecule has 0 aliphatic carbocycles. The predicted octanol–water partition coefficient (Wildman–Crippen LogP) is -0.865. The molecule has 0 aromatic carbocycles. The Hall–Kier alpha value is -1.59. The van der Waals surface area contributed by atoms with E-state index < -0.39 is 5.97 Å². The molecule has 0 aliphatic rings. The summed E-state index contributed by atoms with van der Waals surface area (Å²) in [7, 11) is 0. The number of hydrogen-bond acceptors (Lipinski definition) is 3. The van der Waals surface area contributed by atoms with Crippen LogP contribution in [-0.4, -0.2) is 23.3 Å². The molecule has 0 heterocycles. The van der Waals surface area contributed by atoms with Crippen LogP contribution in [-0.2, 0) is 9.59 Å². The Morgan fingerprint density at radius 1 is 1.55 bits per heavy atom. The second-order valence-corrected chi connectivity index (χ2v) is 1.21. The van der Waals surface area contributed by atoms with Gasteiger partial charge in [-0.1, -0.05) is 0 Å². The molecule has 0 aliphatic heterocycles. The number of aliphatic carboxylic acids is 1. The van der Waals surface area contributed by atoms with Gasteiger partial charge in [-0.25, -0.2) is 0 Å². The molecule has 0 amide bonds. The third-order valence-electron chi connectivity index (χ3n) is 0. The number of nitrogens with one attached hydrogen (secondary N) is 1. The van der Waals surface area contributed by atoms with E-state index in [2.05, 4.69) is 11.5 Å². The molecule has 6 heteroatoms. The van der Waals surface area contributed by atoms with Crippen molar-refractivity contribution in [3.8, 4) is 0 Å². The third kappa shape index (κ3) is 137. The number of carbonyl (C=O) groups excluding carboxylic acids is 1. The first-order valence-electron chi connectivity index (χ1n) is 2.57. The topological polar surface area (TPSA) is 130 Å². The second kappa shape index (κ2) is 15.8. The Bertz CT molecular complexity index is 104. The summed E-state index contributed by atoms with van der Waals surface area (Å²) in [5.74, 6) is -1.17. The van der Waals surface area contributed by atoms with E-state index in [1.54, 1.807) is 0 Å². The van der Waals surface area contributed by atoms with Crippen LogP contribution < -0.4 is 11.5 Å². The molecule has 0 fully saturated rings. The molecule has 0 saturated carbocycles. The van der Waals surface area contributed by atoms with Crippen LogP contribution in [0.5, 0.6) is 0 Å². The Morgan fingerprint density at radius 2 is 1.55 bits per heavy atom. The molecule has 0 radical (unpaired) electrons. The van der Waals surface area contributed by atoms with Crippen LogP contribution in [0.2, 0.25) is 0 Å². The summed E-state index contributed by atoms with van der Waals surface area (Å²) in [5.41, 5.74) is 8.94. The van der Waals surface area contributed by atoms with Crippen LogP contribution in [0.25, 0.3) is 0 Å². The monoisotopic (exact) mass is 163 g/mol. The molecule has 6 nitrogen and oxygen atoms in total. The molecule has 11 heavy (non-hydrogen) atoms. The highest BCUT2D eigenvalue weighted by atomic mass is 16.4. The summed E-state index contributed by atoms with van der Waals surface area (Å²) in [6.07, 6.45) is 0.750. The van der Waals surface area contributed by atoms with Crippen molar-refractivity contribution in [2.45, 2.75) is 13.8 Å².